The second-order valence-electron chi connectivity index (χ2n) is 5.94. The zero-order valence-corrected chi connectivity index (χ0v) is 13.0. The first-order chi connectivity index (χ1) is 10.7. The Bertz CT molecular complexity index is 639. The first-order valence-electron chi connectivity index (χ1n) is 7.87. The van der Waals surface area contributed by atoms with Crippen LogP contribution in [0.4, 0.5) is 5.69 Å². The molecule has 22 heavy (non-hydrogen) atoms. The van der Waals surface area contributed by atoms with Crippen molar-refractivity contribution in [3.8, 4) is 0 Å². The zero-order valence-electron chi connectivity index (χ0n) is 13.0. The van der Waals surface area contributed by atoms with E-state index in [-0.39, 0.29) is 5.91 Å². The minimum absolute atomic E-state index is 0.0387. The van der Waals surface area contributed by atoms with E-state index in [9.17, 15) is 4.79 Å². The van der Waals surface area contributed by atoms with Crippen LogP contribution in [0, 0.1) is 0 Å². The summed E-state index contributed by atoms with van der Waals surface area (Å²) in [7, 11) is 2.04. The standard InChI is InChI=1S/C19H22N2O/c1-21(14-19(22)20-16-10-3-2-4-11-16)18-13-7-9-15-8-5-6-12-17(15)18/h2-6,8,10-12,18H,7,9,13-14H2,1H3,(H,20,22)/t18-/m1/s1. The first kappa shape index (κ1) is 14.8. The molecule has 2 aromatic carbocycles. The highest BCUT2D eigenvalue weighted by molar-refractivity contribution is 5.92. The Morgan fingerprint density at radius 1 is 1.14 bits per heavy atom. The zero-order chi connectivity index (χ0) is 15.4. The van der Waals surface area contributed by atoms with E-state index >= 15 is 0 Å². The average Bonchev–Trinajstić information content (AvgIpc) is 2.55. The van der Waals surface area contributed by atoms with E-state index in [2.05, 4.69) is 34.5 Å². The molecule has 2 aromatic rings. The van der Waals surface area contributed by atoms with E-state index in [0.717, 1.165) is 18.5 Å². The van der Waals surface area contributed by atoms with Gasteiger partial charge in [0.15, 0.2) is 0 Å². The molecule has 0 aromatic heterocycles. The van der Waals surface area contributed by atoms with E-state index < -0.39 is 0 Å². The molecule has 1 aliphatic rings. The second kappa shape index (κ2) is 6.75. The number of carbonyl (C=O) groups excluding carboxylic acids is 1. The molecule has 1 N–H and O–H groups in total. The number of carbonyl (C=O) groups is 1. The fourth-order valence-corrected chi connectivity index (χ4v) is 3.24. The summed E-state index contributed by atoms with van der Waals surface area (Å²) in [5.41, 5.74) is 3.66. The molecule has 1 amide bonds. The summed E-state index contributed by atoms with van der Waals surface area (Å²) in [6.07, 6.45) is 3.45. The van der Waals surface area contributed by atoms with Crippen molar-refractivity contribution in [1.29, 1.82) is 0 Å². The van der Waals surface area contributed by atoms with E-state index in [1.807, 2.05) is 37.4 Å². The molecule has 3 rings (SSSR count). The van der Waals surface area contributed by atoms with E-state index in [4.69, 9.17) is 0 Å². The van der Waals surface area contributed by atoms with Gasteiger partial charge in [0.25, 0.3) is 0 Å². The molecule has 0 aliphatic heterocycles. The maximum atomic E-state index is 12.2. The Morgan fingerprint density at radius 3 is 2.68 bits per heavy atom. The van der Waals surface area contributed by atoms with Crippen LogP contribution >= 0.6 is 0 Å². The van der Waals surface area contributed by atoms with Gasteiger partial charge in [0.05, 0.1) is 6.54 Å². The van der Waals surface area contributed by atoms with Crippen molar-refractivity contribution in [1.82, 2.24) is 4.90 Å². The third-order valence-corrected chi connectivity index (χ3v) is 4.32. The molecule has 0 fully saturated rings. The Balaban J connectivity index is 1.65. The van der Waals surface area contributed by atoms with Gasteiger partial charge >= 0.3 is 0 Å². The van der Waals surface area contributed by atoms with Gasteiger partial charge in [-0.1, -0.05) is 42.5 Å². The molecule has 0 bridgehead atoms. The third-order valence-electron chi connectivity index (χ3n) is 4.32. The maximum Gasteiger partial charge on any atom is 0.238 e. The van der Waals surface area contributed by atoms with Crippen molar-refractivity contribution in [3.05, 3.63) is 65.7 Å². The Kier molecular flexibility index (Phi) is 4.54. The minimum atomic E-state index is 0.0387. The lowest BCUT2D eigenvalue weighted by Gasteiger charge is -2.32. The molecule has 0 unspecified atom stereocenters. The Labute approximate surface area is 132 Å². The van der Waals surface area contributed by atoms with Crippen LogP contribution < -0.4 is 5.32 Å². The quantitative estimate of drug-likeness (QED) is 0.934. The number of amides is 1. The van der Waals surface area contributed by atoms with Crippen LogP contribution in [-0.2, 0) is 11.2 Å². The Hall–Kier alpha value is -2.13. The number of para-hydroxylation sites is 1. The largest absolute Gasteiger partial charge is 0.325 e. The Morgan fingerprint density at radius 2 is 1.86 bits per heavy atom. The van der Waals surface area contributed by atoms with Crippen LogP contribution in [0.5, 0.6) is 0 Å². The van der Waals surface area contributed by atoms with Gasteiger partial charge in [-0.2, -0.15) is 0 Å². The van der Waals surface area contributed by atoms with E-state index in [1.165, 1.54) is 17.5 Å². The number of anilines is 1. The van der Waals surface area contributed by atoms with Gasteiger partial charge in [-0.3, -0.25) is 9.69 Å². The lowest BCUT2D eigenvalue weighted by Crippen LogP contribution is -2.34. The van der Waals surface area contributed by atoms with Gasteiger partial charge < -0.3 is 5.32 Å². The van der Waals surface area contributed by atoms with E-state index in [0.29, 0.717) is 12.6 Å². The van der Waals surface area contributed by atoms with Gasteiger partial charge in [0, 0.05) is 11.7 Å². The van der Waals surface area contributed by atoms with E-state index in [1.54, 1.807) is 0 Å². The summed E-state index contributed by atoms with van der Waals surface area (Å²) in [6, 6.07) is 18.6. The molecule has 114 valence electrons. The number of benzene rings is 2. The van der Waals surface area contributed by atoms with Crippen molar-refractivity contribution in [2.45, 2.75) is 25.3 Å². The van der Waals surface area contributed by atoms with Crippen LogP contribution in [0.2, 0.25) is 0 Å². The monoisotopic (exact) mass is 294 g/mol. The molecule has 0 radical (unpaired) electrons. The van der Waals surface area contributed by atoms with Crippen LogP contribution in [0.3, 0.4) is 0 Å². The fraction of sp³-hybridized carbons (Fsp3) is 0.316. The topological polar surface area (TPSA) is 32.3 Å². The predicted octanol–water partition coefficient (Wildman–Crippen LogP) is 3.63. The minimum Gasteiger partial charge on any atom is -0.325 e. The summed E-state index contributed by atoms with van der Waals surface area (Å²) in [4.78, 5) is 14.4. The predicted molar refractivity (Wildman–Crippen MR) is 89.8 cm³/mol. The lowest BCUT2D eigenvalue weighted by atomic mass is 9.87. The molecule has 0 saturated carbocycles. The highest BCUT2D eigenvalue weighted by Gasteiger charge is 2.24. The summed E-state index contributed by atoms with van der Waals surface area (Å²) in [5.74, 6) is 0.0387. The third kappa shape index (κ3) is 3.37. The molecular weight excluding hydrogens is 272 g/mol. The average molecular weight is 294 g/mol. The number of nitrogens with one attached hydrogen (secondary N) is 1. The van der Waals surface area contributed by atoms with Gasteiger partial charge in [-0.25, -0.2) is 0 Å². The summed E-state index contributed by atoms with van der Waals surface area (Å²) in [6.45, 7) is 0.411. The number of hydrogen-bond acceptors (Lipinski definition) is 2. The molecular formula is C19H22N2O. The van der Waals surface area contributed by atoms with Crippen molar-refractivity contribution in [3.63, 3.8) is 0 Å². The lowest BCUT2D eigenvalue weighted by molar-refractivity contribution is -0.117. The number of fused-ring (bicyclic) bond motifs is 1. The van der Waals surface area contributed by atoms with Crippen molar-refractivity contribution >= 4 is 11.6 Å². The second-order valence-corrected chi connectivity index (χ2v) is 5.94. The molecule has 1 atom stereocenters. The molecule has 0 heterocycles. The summed E-state index contributed by atoms with van der Waals surface area (Å²) < 4.78 is 0. The van der Waals surface area contributed by atoms with Crippen molar-refractivity contribution in [2.75, 3.05) is 18.9 Å². The first-order valence-corrected chi connectivity index (χ1v) is 7.87. The number of nitrogens with zero attached hydrogens (tertiary/aromatic N) is 1. The highest BCUT2D eigenvalue weighted by atomic mass is 16.2. The number of hydrogen-bond donors (Lipinski definition) is 1. The molecule has 3 nitrogen and oxygen atoms in total. The summed E-state index contributed by atoms with van der Waals surface area (Å²) in [5, 5.41) is 2.96. The van der Waals surface area contributed by atoms with Crippen LogP contribution in [0.25, 0.3) is 0 Å². The van der Waals surface area contributed by atoms with Crippen LogP contribution in [0.15, 0.2) is 54.6 Å². The normalized spacial score (nSPS) is 17.1. The highest BCUT2D eigenvalue weighted by Crippen LogP contribution is 2.33. The van der Waals surface area contributed by atoms with Crippen LogP contribution in [-0.4, -0.2) is 24.4 Å². The van der Waals surface area contributed by atoms with Crippen molar-refractivity contribution < 1.29 is 4.79 Å². The fourth-order valence-electron chi connectivity index (χ4n) is 3.24. The maximum absolute atomic E-state index is 12.2. The number of rotatable bonds is 4. The van der Waals surface area contributed by atoms with Gasteiger partial charge in [0.1, 0.15) is 0 Å². The molecule has 3 heteroatoms. The smallest absolute Gasteiger partial charge is 0.238 e. The van der Waals surface area contributed by atoms with Crippen LogP contribution in [0.1, 0.15) is 30.0 Å². The van der Waals surface area contributed by atoms with Crippen molar-refractivity contribution in [2.24, 2.45) is 0 Å². The number of aryl methyl sites for hydroxylation is 1. The summed E-state index contributed by atoms with van der Waals surface area (Å²) >= 11 is 0. The molecule has 1 aliphatic carbocycles. The molecule has 0 spiro atoms. The molecule has 0 saturated heterocycles. The number of likely N-dealkylation sites (N-methyl/N-ethyl adjacent to an activating group) is 1. The van der Waals surface area contributed by atoms with Gasteiger partial charge in [-0.15, -0.1) is 0 Å². The van der Waals surface area contributed by atoms with Gasteiger partial charge in [0.2, 0.25) is 5.91 Å². The SMILES string of the molecule is CN(CC(=O)Nc1ccccc1)[C@@H]1CCCc2ccccc21. The van der Waals surface area contributed by atoms with Gasteiger partial charge in [-0.05, 0) is 49.6 Å².